The van der Waals surface area contributed by atoms with Gasteiger partial charge in [0.15, 0.2) is 5.11 Å². The van der Waals surface area contributed by atoms with Crippen LogP contribution in [0.4, 0.5) is 5.69 Å². The molecule has 0 spiro atoms. The summed E-state index contributed by atoms with van der Waals surface area (Å²) in [5, 5.41) is 3.15. The summed E-state index contributed by atoms with van der Waals surface area (Å²) >= 11 is 11.1. The van der Waals surface area contributed by atoms with E-state index in [2.05, 4.69) is 12.2 Å². The quantitative estimate of drug-likeness (QED) is 0.266. The van der Waals surface area contributed by atoms with Crippen LogP contribution < -0.4 is 15.0 Å². The van der Waals surface area contributed by atoms with E-state index in [1.807, 2.05) is 24.3 Å². The Kier molecular flexibility index (Phi) is 7.60. The summed E-state index contributed by atoms with van der Waals surface area (Å²) in [5.74, 6) is -0.245. The van der Waals surface area contributed by atoms with Crippen LogP contribution in [0.5, 0.6) is 5.75 Å². The lowest BCUT2D eigenvalue weighted by atomic mass is 10.1. The molecule has 1 aliphatic heterocycles. The Morgan fingerprint density at radius 1 is 1.03 bits per heavy atom. The molecule has 0 atom stereocenters. The molecule has 2 amide bonds. The highest BCUT2D eigenvalue weighted by molar-refractivity contribution is 7.80. The third-order valence-corrected chi connectivity index (χ3v) is 5.18. The van der Waals surface area contributed by atoms with E-state index in [0.29, 0.717) is 17.3 Å². The number of hydrogen-bond acceptors (Lipinski definition) is 4. The molecule has 0 radical (unpaired) electrons. The van der Waals surface area contributed by atoms with Crippen LogP contribution in [-0.2, 0) is 9.59 Å². The lowest BCUT2D eigenvalue weighted by molar-refractivity contribution is -0.122. The number of unbranched alkanes of at least 4 members (excludes halogenated alkanes) is 3. The van der Waals surface area contributed by atoms with Crippen molar-refractivity contribution in [2.45, 2.75) is 32.6 Å². The minimum Gasteiger partial charge on any atom is -0.494 e. The zero-order valence-corrected chi connectivity index (χ0v) is 18.3. The van der Waals surface area contributed by atoms with Gasteiger partial charge < -0.3 is 4.74 Å². The molecule has 0 aromatic heterocycles. The Balaban J connectivity index is 1.73. The van der Waals surface area contributed by atoms with Crippen molar-refractivity contribution in [2.75, 3.05) is 11.5 Å². The molecule has 1 saturated heterocycles. The van der Waals surface area contributed by atoms with E-state index < -0.39 is 11.8 Å². The number of ether oxygens (including phenoxy) is 1. The fraction of sp³-hybridized carbons (Fsp3) is 0.261. The molecule has 0 unspecified atom stereocenters. The summed E-state index contributed by atoms with van der Waals surface area (Å²) in [6.45, 7) is 2.85. The van der Waals surface area contributed by atoms with Crippen molar-refractivity contribution in [2.24, 2.45) is 0 Å². The van der Waals surface area contributed by atoms with Crippen molar-refractivity contribution in [3.8, 4) is 5.75 Å². The Morgan fingerprint density at radius 2 is 1.73 bits per heavy atom. The van der Waals surface area contributed by atoms with Crippen LogP contribution in [0.25, 0.3) is 6.08 Å². The van der Waals surface area contributed by atoms with Crippen molar-refractivity contribution in [3.05, 3.63) is 64.7 Å². The molecule has 156 valence electrons. The number of carbonyl (C=O) groups is 2. The lowest BCUT2D eigenvalue weighted by Gasteiger charge is -2.28. The third kappa shape index (κ3) is 5.46. The first kappa shape index (κ1) is 22.0. The van der Waals surface area contributed by atoms with E-state index in [0.717, 1.165) is 24.2 Å². The summed E-state index contributed by atoms with van der Waals surface area (Å²) in [5.41, 5.74) is 1.26. The standard InChI is InChI=1S/C23H23ClN2O3S/c1-2-3-4-5-14-29-19-12-6-16(7-13-19)15-20-21(27)25-23(30)26(22(20)28)18-10-8-17(24)9-11-18/h6-13,15H,2-5,14H2,1H3,(H,25,27,30)/b20-15-. The predicted molar refractivity (Wildman–Crippen MR) is 124 cm³/mol. The van der Waals surface area contributed by atoms with Crippen LogP contribution in [0.1, 0.15) is 38.2 Å². The topological polar surface area (TPSA) is 58.6 Å². The van der Waals surface area contributed by atoms with Gasteiger partial charge in [-0.2, -0.15) is 0 Å². The van der Waals surface area contributed by atoms with Crippen molar-refractivity contribution in [3.63, 3.8) is 0 Å². The summed E-state index contributed by atoms with van der Waals surface area (Å²) in [4.78, 5) is 26.7. The molecule has 1 fully saturated rings. The molecule has 2 aromatic rings. The van der Waals surface area contributed by atoms with Gasteiger partial charge in [0.05, 0.1) is 12.3 Å². The van der Waals surface area contributed by atoms with Crippen LogP contribution in [0.3, 0.4) is 0 Å². The number of halogens is 1. The number of anilines is 1. The molecule has 5 nitrogen and oxygen atoms in total. The monoisotopic (exact) mass is 442 g/mol. The number of carbonyl (C=O) groups excluding carboxylic acids is 2. The second kappa shape index (κ2) is 10.4. The van der Waals surface area contributed by atoms with E-state index in [-0.39, 0.29) is 10.7 Å². The zero-order valence-electron chi connectivity index (χ0n) is 16.7. The fourth-order valence-corrected chi connectivity index (χ4v) is 3.43. The van der Waals surface area contributed by atoms with Gasteiger partial charge in [-0.3, -0.25) is 19.8 Å². The maximum atomic E-state index is 13.0. The molecular weight excluding hydrogens is 420 g/mol. The average Bonchev–Trinajstić information content (AvgIpc) is 2.73. The summed E-state index contributed by atoms with van der Waals surface area (Å²) in [6.07, 6.45) is 6.13. The minimum atomic E-state index is -0.522. The Labute approximate surface area is 186 Å². The van der Waals surface area contributed by atoms with Gasteiger partial charge in [0.1, 0.15) is 11.3 Å². The van der Waals surface area contributed by atoms with E-state index in [4.69, 9.17) is 28.6 Å². The normalized spacial score (nSPS) is 15.5. The summed E-state index contributed by atoms with van der Waals surface area (Å²) in [6, 6.07) is 14.0. The average molecular weight is 443 g/mol. The Morgan fingerprint density at radius 3 is 2.40 bits per heavy atom. The fourth-order valence-electron chi connectivity index (χ4n) is 3.03. The molecule has 0 saturated carbocycles. The maximum Gasteiger partial charge on any atom is 0.270 e. The van der Waals surface area contributed by atoms with Crippen LogP contribution in [-0.4, -0.2) is 23.5 Å². The second-order valence-electron chi connectivity index (χ2n) is 6.91. The van der Waals surface area contributed by atoms with Crippen molar-refractivity contribution >= 4 is 52.5 Å². The van der Waals surface area contributed by atoms with Gasteiger partial charge in [0.25, 0.3) is 11.8 Å². The molecular formula is C23H23ClN2O3S. The smallest absolute Gasteiger partial charge is 0.270 e. The maximum absolute atomic E-state index is 13.0. The van der Waals surface area contributed by atoms with Gasteiger partial charge in [0.2, 0.25) is 0 Å². The lowest BCUT2D eigenvalue weighted by Crippen LogP contribution is -2.54. The third-order valence-electron chi connectivity index (χ3n) is 4.64. The van der Waals surface area contributed by atoms with Crippen molar-refractivity contribution in [1.29, 1.82) is 0 Å². The van der Waals surface area contributed by atoms with Gasteiger partial charge in [-0.25, -0.2) is 0 Å². The number of amides is 2. The molecule has 2 aromatic carbocycles. The summed E-state index contributed by atoms with van der Waals surface area (Å²) < 4.78 is 5.74. The van der Waals surface area contributed by atoms with Crippen molar-refractivity contribution < 1.29 is 14.3 Å². The highest BCUT2D eigenvalue weighted by Crippen LogP contribution is 2.24. The molecule has 1 heterocycles. The SMILES string of the molecule is CCCCCCOc1ccc(/C=C2/C(=O)NC(=S)N(c3ccc(Cl)cc3)C2=O)cc1. The van der Waals surface area contributed by atoms with Gasteiger partial charge in [-0.15, -0.1) is 0 Å². The molecule has 1 N–H and O–H groups in total. The van der Waals surface area contributed by atoms with E-state index in [9.17, 15) is 9.59 Å². The largest absolute Gasteiger partial charge is 0.494 e. The Hall–Kier alpha value is -2.70. The highest BCUT2D eigenvalue weighted by atomic mass is 35.5. The molecule has 7 heteroatoms. The van der Waals surface area contributed by atoms with Crippen LogP contribution in [0, 0.1) is 0 Å². The first-order valence-electron chi connectivity index (χ1n) is 9.89. The number of hydrogen-bond donors (Lipinski definition) is 1. The first-order chi connectivity index (χ1) is 14.5. The molecule has 3 rings (SSSR count). The number of nitrogens with one attached hydrogen (secondary N) is 1. The van der Waals surface area contributed by atoms with E-state index in [1.165, 1.54) is 17.7 Å². The molecule has 0 bridgehead atoms. The second-order valence-corrected chi connectivity index (χ2v) is 7.74. The summed E-state index contributed by atoms with van der Waals surface area (Å²) in [7, 11) is 0. The van der Waals surface area contributed by atoms with E-state index >= 15 is 0 Å². The van der Waals surface area contributed by atoms with E-state index in [1.54, 1.807) is 30.3 Å². The highest BCUT2D eigenvalue weighted by Gasteiger charge is 2.34. The Bertz CT molecular complexity index is 955. The van der Waals surface area contributed by atoms with Gasteiger partial charge >= 0.3 is 0 Å². The van der Waals surface area contributed by atoms with Crippen LogP contribution >= 0.6 is 23.8 Å². The molecule has 1 aliphatic rings. The number of rotatable bonds is 8. The first-order valence-corrected chi connectivity index (χ1v) is 10.7. The van der Waals surface area contributed by atoms with Gasteiger partial charge in [0, 0.05) is 5.02 Å². The number of thiocarbonyl (C=S) groups is 1. The minimum absolute atomic E-state index is 0.00628. The predicted octanol–water partition coefficient (Wildman–Crippen LogP) is 5.13. The zero-order chi connectivity index (χ0) is 21.5. The van der Waals surface area contributed by atoms with Crippen molar-refractivity contribution in [1.82, 2.24) is 5.32 Å². The molecule has 0 aliphatic carbocycles. The van der Waals surface area contributed by atoms with Gasteiger partial charge in [-0.1, -0.05) is 49.9 Å². The number of nitrogens with zero attached hydrogens (tertiary/aromatic N) is 1. The van der Waals surface area contributed by atoms with Crippen LogP contribution in [0.15, 0.2) is 54.1 Å². The molecule has 30 heavy (non-hydrogen) atoms. The number of benzene rings is 2. The van der Waals surface area contributed by atoms with Gasteiger partial charge in [-0.05, 0) is 66.7 Å². The van der Waals surface area contributed by atoms with Crippen LogP contribution in [0.2, 0.25) is 5.02 Å².